The monoisotopic (exact) mass is 414 g/mol. The third-order valence-electron chi connectivity index (χ3n) is 2.65. The molecule has 0 aliphatic heterocycles. The number of quaternary nitrogens is 1. The Hall–Kier alpha value is -1.62. The van der Waals surface area contributed by atoms with Crippen LogP contribution in [0.25, 0.3) is 0 Å². The second-order valence-corrected chi connectivity index (χ2v) is 4.17. The number of hydrogen-bond acceptors (Lipinski definition) is 1. The van der Waals surface area contributed by atoms with Crippen molar-refractivity contribution in [3.05, 3.63) is 0 Å². The zero-order chi connectivity index (χ0) is 21.1. The van der Waals surface area contributed by atoms with Gasteiger partial charge in [-0.15, -0.1) is 26.3 Å². The van der Waals surface area contributed by atoms with Crippen molar-refractivity contribution in [2.24, 2.45) is 5.73 Å². The van der Waals surface area contributed by atoms with E-state index < -0.39 is 47.1 Å². The molecule has 25 heavy (non-hydrogen) atoms. The summed E-state index contributed by atoms with van der Waals surface area (Å²) in [4.78, 5) is 0. The van der Waals surface area contributed by atoms with Crippen molar-refractivity contribution in [2.45, 2.75) is 36.7 Å². The average Bonchev–Trinajstić information content (AvgIpc) is 2.22. The number of nitrogens with one attached hydrogen (secondary N) is 1. The third kappa shape index (κ3) is 2.73. The molecule has 0 amide bonds. The molecule has 0 aliphatic carbocycles. The highest BCUT2D eigenvalue weighted by molar-refractivity contribution is 5.68. The zero-order valence-electron chi connectivity index (χ0n) is 10.7. The van der Waals surface area contributed by atoms with Crippen molar-refractivity contribution in [1.29, 1.82) is 5.41 Å². The minimum absolute atomic E-state index is 3.64. The summed E-state index contributed by atoms with van der Waals surface area (Å²) in [6.45, 7) is 0. The van der Waals surface area contributed by atoms with Crippen molar-refractivity contribution in [1.82, 2.24) is 0 Å². The van der Waals surface area contributed by atoms with Crippen LogP contribution >= 0.6 is 0 Å². The van der Waals surface area contributed by atoms with Gasteiger partial charge in [0.05, 0.1) is 0 Å². The van der Waals surface area contributed by atoms with Gasteiger partial charge in [0.15, 0.2) is 0 Å². The molecule has 0 saturated heterocycles. The summed E-state index contributed by atoms with van der Waals surface area (Å²) in [7, 11) is 0. The van der Waals surface area contributed by atoms with Crippen LogP contribution in [0.1, 0.15) is 0 Å². The standard InChI is InChI=1S/C7H3F15N3/c8-2(9,10)5(17,18)25(1(23)24,6(19,20)3(11,12)13)7(21,22)4(14,15)16/h(H3,23,24)/q+1. The molecule has 0 heterocycles. The summed E-state index contributed by atoms with van der Waals surface area (Å²) >= 11 is 0. The molecule has 0 rings (SSSR count). The van der Waals surface area contributed by atoms with Crippen molar-refractivity contribution >= 4 is 5.96 Å². The van der Waals surface area contributed by atoms with Crippen molar-refractivity contribution < 1.29 is 70.3 Å². The van der Waals surface area contributed by atoms with Gasteiger partial charge in [0.2, 0.25) is 0 Å². The predicted molar refractivity (Wildman–Crippen MR) is 45.2 cm³/mol. The number of alkyl halides is 15. The van der Waals surface area contributed by atoms with E-state index in [1.807, 2.05) is 0 Å². The average molecular weight is 414 g/mol. The summed E-state index contributed by atoms with van der Waals surface area (Å²) in [6, 6.07) is -24.6. The number of nitrogens with zero attached hydrogens (tertiary/aromatic N) is 1. The lowest BCUT2D eigenvalue weighted by Crippen LogP contribution is -2.87. The number of rotatable bonds is 3. The van der Waals surface area contributed by atoms with E-state index in [1.54, 1.807) is 0 Å². The van der Waals surface area contributed by atoms with Gasteiger partial charge in [-0.3, -0.25) is 0 Å². The molecule has 18 heteroatoms. The molecular formula is C7H3F15N3+. The molecule has 0 saturated carbocycles. The molecular weight excluding hydrogens is 411 g/mol. The van der Waals surface area contributed by atoms with Gasteiger partial charge in [0.1, 0.15) is 0 Å². The molecule has 3 nitrogen and oxygen atoms in total. The fourth-order valence-electron chi connectivity index (χ4n) is 1.55. The minimum atomic E-state index is -8.20. The Labute approximate surface area is 125 Å². The Morgan fingerprint density at radius 2 is 0.680 bits per heavy atom. The second kappa shape index (κ2) is 5.44. The molecule has 0 aromatic rings. The van der Waals surface area contributed by atoms with Gasteiger partial charge in [-0.25, -0.2) is 5.41 Å². The Kier molecular flexibility index (Phi) is 5.08. The van der Waals surface area contributed by atoms with Crippen LogP contribution in [0.5, 0.6) is 0 Å². The molecule has 0 atom stereocenters. The van der Waals surface area contributed by atoms with E-state index in [0.717, 1.165) is 0 Å². The SMILES string of the molecule is N=C(N)[N+](C(F)(F)C(F)(F)F)(C(F)(F)C(F)(F)F)C(F)(F)C(F)(F)F. The van der Waals surface area contributed by atoms with Gasteiger partial charge in [-0.1, -0.05) is 4.48 Å². The second-order valence-electron chi connectivity index (χ2n) is 4.17. The summed E-state index contributed by atoms with van der Waals surface area (Å²) in [5.41, 5.74) is 3.64. The molecule has 0 aliphatic rings. The molecule has 0 aromatic heterocycles. The first kappa shape index (κ1) is 23.4. The van der Waals surface area contributed by atoms with Crippen LogP contribution in [0, 0.1) is 5.41 Å². The molecule has 0 fully saturated rings. The summed E-state index contributed by atoms with van der Waals surface area (Å²) < 4.78 is 182. The highest BCUT2D eigenvalue weighted by Crippen LogP contribution is 2.62. The van der Waals surface area contributed by atoms with Crippen LogP contribution in [0.3, 0.4) is 0 Å². The lowest BCUT2D eigenvalue weighted by molar-refractivity contribution is -1.10. The van der Waals surface area contributed by atoms with Gasteiger partial charge in [-0.2, -0.15) is 39.5 Å². The van der Waals surface area contributed by atoms with Crippen LogP contribution in [-0.2, 0) is 0 Å². The molecule has 0 unspecified atom stereocenters. The van der Waals surface area contributed by atoms with Gasteiger partial charge < -0.3 is 5.73 Å². The lowest BCUT2D eigenvalue weighted by Gasteiger charge is -2.48. The smallest absolute Gasteiger partial charge is 0.338 e. The Balaban J connectivity index is 7.56. The number of halogens is 15. The van der Waals surface area contributed by atoms with E-state index in [-0.39, 0.29) is 0 Å². The van der Waals surface area contributed by atoms with Crippen LogP contribution in [0.2, 0.25) is 0 Å². The van der Waals surface area contributed by atoms with Gasteiger partial charge in [0, 0.05) is 0 Å². The summed E-state index contributed by atoms with van der Waals surface area (Å²) in [5.74, 6) is -4.15. The van der Waals surface area contributed by atoms with Gasteiger partial charge in [-0.05, 0) is 0 Å². The number of nitrogens with two attached hydrogens (primary N) is 1. The van der Waals surface area contributed by atoms with E-state index in [4.69, 9.17) is 5.41 Å². The van der Waals surface area contributed by atoms with Crippen LogP contribution in [-0.4, -0.2) is 47.1 Å². The van der Waals surface area contributed by atoms with Gasteiger partial charge in [0.25, 0.3) is 0 Å². The Morgan fingerprint density at radius 3 is 0.760 bits per heavy atom. The van der Waals surface area contributed by atoms with Crippen LogP contribution < -0.4 is 5.73 Å². The van der Waals surface area contributed by atoms with Crippen LogP contribution in [0.15, 0.2) is 0 Å². The topological polar surface area (TPSA) is 49.9 Å². The van der Waals surface area contributed by atoms with Crippen molar-refractivity contribution in [2.75, 3.05) is 0 Å². The number of hydrogen-bond donors (Lipinski definition) is 2. The fraction of sp³-hybridized carbons (Fsp3) is 0.857. The molecule has 0 bridgehead atoms. The highest BCUT2D eigenvalue weighted by Gasteiger charge is 2.99. The summed E-state index contributed by atoms with van der Waals surface area (Å²) in [6.07, 6.45) is -23.5. The lowest BCUT2D eigenvalue weighted by atomic mass is 10.2. The van der Waals surface area contributed by atoms with E-state index in [2.05, 4.69) is 5.73 Å². The third-order valence-corrected chi connectivity index (χ3v) is 2.65. The minimum Gasteiger partial charge on any atom is -0.338 e. The van der Waals surface area contributed by atoms with E-state index in [1.165, 1.54) is 0 Å². The molecule has 0 aromatic carbocycles. The first-order valence-electron chi connectivity index (χ1n) is 5.02. The van der Waals surface area contributed by atoms with Gasteiger partial charge >= 0.3 is 42.6 Å². The quantitative estimate of drug-likeness (QED) is 0.236. The van der Waals surface area contributed by atoms with Crippen molar-refractivity contribution in [3.63, 3.8) is 0 Å². The molecule has 0 radical (unpaired) electrons. The predicted octanol–water partition coefficient (Wildman–Crippen LogP) is 4.16. The maximum Gasteiger partial charge on any atom is 0.516 e. The Bertz CT molecular complexity index is 458. The molecule has 150 valence electrons. The van der Waals surface area contributed by atoms with Crippen molar-refractivity contribution in [3.8, 4) is 0 Å². The summed E-state index contributed by atoms with van der Waals surface area (Å²) in [5, 5.41) is 6.02. The first-order chi connectivity index (χ1) is 10.4. The van der Waals surface area contributed by atoms with E-state index >= 15 is 0 Å². The maximum absolute atomic E-state index is 13.2. The van der Waals surface area contributed by atoms with E-state index in [9.17, 15) is 65.9 Å². The highest BCUT2D eigenvalue weighted by atomic mass is 19.4. The Morgan fingerprint density at radius 1 is 0.520 bits per heavy atom. The van der Waals surface area contributed by atoms with E-state index in [0.29, 0.717) is 0 Å². The zero-order valence-corrected chi connectivity index (χ0v) is 10.7. The number of guanidine groups is 1. The molecule has 0 spiro atoms. The largest absolute Gasteiger partial charge is 0.516 e. The molecule has 3 N–H and O–H groups in total. The first-order valence-corrected chi connectivity index (χ1v) is 5.02. The maximum atomic E-state index is 13.2. The normalized spacial score (nSPS) is 16.1. The van der Waals surface area contributed by atoms with Crippen LogP contribution in [0.4, 0.5) is 65.9 Å². The fourth-order valence-corrected chi connectivity index (χ4v) is 1.55.